The van der Waals surface area contributed by atoms with Crippen molar-refractivity contribution in [1.29, 1.82) is 0 Å². The molecule has 0 radical (unpaired) electrons. The first-order valence-corrected chi connectivity index (χ1v) is 9.97. The van der Waals surface area contributed by atoms with Crippen LogP contribution in [0.4, 0.5) is 0 Å². The predicted molar refractivity (Wildman–Crippen MR) is 110 cm³/mol. The lowest BCUT2D eigenvalue weighted by Crippen LogP contribution is -2.50. The average Bonchev–Trinajstić information content (AvgIpc) is 2.76. The number of nitrogens with zero attached hydrogens (tertiary/aromatic N) is 3. The Hall–Kier alpha value is -2.93. The number of hydrogen-bond acceptors (Lipinski definition) is 5. The van der Waals surface area contributed by atoms with Crippen molar-refractivity contribution in [3.8, 4) is 5.75 Å². The number of carbonyl (C=O) groups excluding carboxylic acids is 2. The molecule has 0 atom stereocenters. The molecule has 1 aromatic heterocycles. The highest BCUT2D eigenvalue weighted by Gasteiger charge is 2.21. The summed E-state index contributed by atoms with van der Waals surface area (Å²) in [7, 11) is 0. The van der Waals surface area contributed by atoms with Gasteiger partial charge in [0.1, 0.15) is 12.4 Å². The van der Waals surface area contributed by atoms with E-state index >= 15 is 0 Å². The molecule has 0 unspecified atom stereocenters. The number of pyridine rings is 1. The highest BCUT2D eigenvalue weighted by Crippen LogP contribution is 2.19. The van der Waals surface area contributed by atoms with Crippen LogP contribution >= 0.6 is 0 Å². The SMILES string of the molecule is CC(=O)N1CCN(C(=O)CCNCc2ccccc2OCc2cccnc2)CC1. The van der Waals surface area contributed by atoms with Gasteiger partial charge in [-0.05, 0) is 12.1 Å². The lowest BCUT2D eigenvalue weighted by molar-refractivity contribution is -0.138. The largest absolute Gasteiger partial charge is 0.489 e. The van der Waals surface area contributed by atoms with E-state index in [-0.39, 0.29) is 11.8 Å². The van der Waals surface area contributed by atoms with Crippen LogP contribution in [0.25, 0.3) is 0 Å². The van der Waals surface area contributed by atoms with Gasteiger partial charge in [-0.15, -0.1) is 0 Å². The van der Waals surface area contributed by atoms with E-state index in [1.165, 1.54) is 0 Å². The Labute approximate surface area is 171 Å². The number of rotatable bonds is 8. The van der Waals surface area contributed by atoms with Crippen LogP contribution in [0.5, 0.6) is 5.75 Å². The van der Waals surface area contributed by atoms with Gasteiger partial charge in [0.2, 0.25) is 11.8 Å². The number of piperazine rings is 1. The third-order valence-electron chi connectivity index (χ3n) is 5.00. The lowest BCUT2D eigenvalue weighted by Gasteiger charge is -2.34. The summed E-state index contributed by atoms with van der Waals surface area (Å²) in [5, 5.41) is 3.33. The molecule has 2 amide bonds. The minimum absolute atomic E-state index is 0.0724. The van der Waals surface area contributed by atoms with Crippen LogP contribution < -0.4 is 10.1 Å². The number of carbonyl (C=O) groups is 2. The third-order valence-corrected chi connectivity index (χ3v) is 5.00. The molecule has 1 aliphatic heterocycles. The topological polar surface area (TPSA) is 74.8 Å². The second-order valence-electron chi connectivity index (χ2n) is 7.07. The predicted octanol–water partition coefficient (Wildman–Crippen LogP) is 1.83. The summed E-state index contributed by atoms with van der Waals surface area (Å²) < 4.78 is 5.94. The molecule has 1 N–H and O–H groups in total. The smallest absolute Gasteiger partial charge is 0.223 e. The Bertz CT molecular complexity index is 805. The first-order chi connectivity index (χ1) is 14.1. The molecule has 154 valence electrons. The molecule has 0 saturated carbocycles. The summed E-state index contributed by atoms with van der Waals surface area (Å²) >= 11 is 0. The molecule has 7 nitrogen and oxygen atoms in total. The Balaban J connectivity index is 1.40. The minimum atomic E-state index is 0.0724. The van der Waals surface area contributed by atoms with Crippen molar-refractivity contribution in [2.45, 2.75) is 26.5 Å². The number of hydrogen-bond donors (Lipinski definition) is 1. The van der Waals surface area contributed by atoms with E-state index in [4.69, 9.17) is 4.74 Å². The number of nitrogens with one attached hydrogen (secondary N) is 1. The maximum Gasteiger partial charge on any atom is 0.223 e. The monoisotopic (exact) mass is 396 g/mol. The molecule has 1 aliphatic rings. The van der Waals surface area contributed by atoms with Gasteiger partial charge in [0.15, 0.2) is 0 Å². The van der Waals surface area contributed by atoms with Crippen LogP contribution in [0.15, 0.2) is 48.8 Å². The van der Waals surface area contributed by atoms with Crippen LogP contribution in [0, 0.1) is 0 Å². The summed E-state index contributed by atoms with van der Waals surface area (Å²) in [6.07, 6.45) is 3.98. The molecule has 0 spiro atoms. The van der Waals surface area contributed by atoms with Crippen molar-refractivity contribution in [3.05, 3.63) is 59.9 Å². The number of ether oxygens (including phenoxy) is 1. The second kappa shape index (κ2) is 10.6. The summed E-state index contributed by atoms with van der Waals surface area (Å²) in [5.74, 6) is 1.03. The molecule has 7 heteroatoms. The molecular weight excluding hydrogens is 368 g/mol. The third kappa shape index (κ3) is 6.29. The first kappa shape index (κ1) is 20.8. The number of aromatic nitrogens is 1. The van der Waals surface area contributed by atoms with Gasteiger partial charge in [0, 0.05) is 76.1 Å². The van der Waals surface area contributed by atoms with Gasteiger partial charge in [-0.3, -0.25) is 14.6 Å². The van der Waals surface area contributed by atoms with Gasteiger partial charge in [-0.2, -0.15) is 0 Å². The molecule has 3 rings (SSSR count). The maximum atomic E-state index is 12.4. The van der Waals surface area contributed by atoms with Gasteiger partial charge in [0.05, 0.1) is 0 Å². The summed E-state index contributed by atoms with van der Waals surface area (Å²) in [4.78, 5) is 31.5. The molecule has 0 aliphatic carbocycles. The van der Waals surface area contributed by atoms with Crippen LogP contribution in [0.2, 0.25) is 0 Å². The lowest BCUT2D eigenvalue weighted by atomic mass is 10.2. The van der Waals surface area contributed by atoms with Crippen molar-refractivity contribution in [2.75, 3.05) is 32.7 Å². The fourth-order valence-electron chi connectivity index (χ4n) is 3.28. The van der Waals surface area contributed by atoms with Gasteiger partial charge < -0.3 is 19.9 Å². The van der Waals surface area contributed by atoms with Gasteiger partial charge >= 0.3 is 0 Å². The van der Waals surface area contributed by atoms with Crippen molar-refractivity contribution in [1.82, 2.24) is 20.1 Å². The molecule has 29 heavy (non-hydrogen) atoms. The fraction of sp³-hybridized carbons (Fsp3) is 0.409. The van der Waals surface area contributed by atoms with Gasteiger partial charge in [0.25, 0.3) is 0 Å². The van der Waals surface area contributed by atoms with Crippen molar-refractivity contribution in [3.63, 3.8) is 0 Å². The zero-order valence-electron chi connectivity index (χ0n) is 16.8. The van der Waals surface area contributed by atoms with E-state index in [0.29, 0.717) is 52.3 Å². The van der Waals surface area contributed by atoms with E-state index in [2.05, 4.69) is 10.3 Å². The zero-order chi connectivity index (χ0) is 20.5. The fourth-order valence-corrected chi connectivity index (χ4v) is 3.28. The van der Waals surface area contributed by atoms with E-state index in [0.717, 1.165) is 16.9 Å². The number of amides is 2. The van der Waals surface area contributed by atoms with Crippen molar-refractivity contribution < 1.29 is 14.3 Å². The highest BCUT2D eigenvalue weighted by atomic mass is 16.5. The molecule has 1 aromatic carbocycles. The van der Waals surface area contributed by atoms with E-state index in [9.17, 15) is 9.59 Å². The highest BCUT2D eigenvalue weighted by molar-refractivity contribution is 5.77. The summed E-state index contributed by atoms with van der Waals surface area (Å²) in [6, 6.07) is 11.8. The maximum absolute atomic E-state index is 12.4. The zero-order valence-corrected chi connectivity index (χ0v) is 16.8. The molecule has 1 fully saturated rings. The quantitative estimate of drug-likeness (QED) is 0.689. The van der Waals surface area contributed by atoms with E-state index < -0.39 is 0 Å². The van der Waals surface area contributed by atoms with Crippen LogP contribution in [0.3, 0.4) is 0 Å². The van der Waals surface area contributed by atoms with Crippen LogP contribution in [0.1, 0.15) is 24.5 Å². The second-order valence-corrected chi connectivity index (χ2v) is 7.07. The van der Waals surface area contributed by atoms with Crippen LogP contribution in [-0.2, 0) is 22.7 Å². The standard InChI is InChI=1S/C22H28N4O3/c1-18(27)25-11-13-26(14-12-25)22(28)8-10-24-16-20-6-2-3-7-21(20)29-17-19-5-4-9-23-15-19/h2-7,9,15,24H,8,10-14,16-17H2,1H3. The van der Waals surface area contributed by atoms with Gasteiger partial charge in [-0.25, -0.2) is 0 Å². The number of para-hydroxylation sites is 1. The average molecular weight is 396 g/mol. The summed E-state index contributed by atoms with van der Waals surface area (Å²) in [6.45, 7) is 5.74. The Morgan fingerprint density at radius 2 is 1.83 bits per heavy atom. The van der Waals surface area contributed by atoms with Gasteiger partial charge in [-0.1, -0.05) is 24.3 Å². The van der Waals surface area contributed by atoms with Crippen molar-refractivity contribution >= 4 is 11.8 Å². The van der Waals surface area contributed by atoms with E-state index in [1.807, 2.05) is 41.3 Å². The Morgan fingerprint density at radius 3 is 2.55 bits per heavy atom. The van der Waals surface area contributed by atoms with Crippen molar-refractivity contribution in [2.24, 2.45) is 0 Å². The molecule has 2 heterocycles. The first-order valence-electron chi connectivity index (χ1n) is 9.97. The number of benzene rings is 1. The summed E-state index contributed by atoms with van der Waals surface area (Å²) in [5.41, 5.74) is 2.07. The minimum Gasteiger partial charge on any atom is -0.489 e. The Kier molecular flexibility index (Phi) is 7.58. The Morgan fingerprint density at radius 1 is 1.07 bits per heavy atom. The van der Waals surface area contributed by atoms with Crippen LogP contribution in [-0.4, -0.2) is 59.3 Å². The molecule has 1 saturated heterocycles. The van der Waals surface area contributed by atoms with E-state index in [1.54, 1.807) is 24.2 Å². The normalized spacial score (nSPS) is 14.0. The molecule has 2 aromatic rings. The molecule has 0 bridgehead atoms. The molecular formula is C22H28N4O3.